The van der Waals surface area contributed by atoms with Gasteiger partial charge in [-0.25, -0.2) is 0 Å². The Balaban J connectivity index is 3.84. The number of allylic oxidation sites excluding steroid dienone is 2. The molecule has 0 nitrogen and oxygen atoms in total. The SMILES string of the molecule is C/C(=C\C(C)C)B(Br)Br. The molecule has 3 heteroatoms. The molecular weight excluding hydrogens is 243 g/mol. The lowest BCUT2D eigenvalue weighted by Crippen LogP contribution is -1.95. The molecule has 9 heavy (non-hydrogen) atoms. The Bertz CT molecular complexity index is 108. The van der Waals surface area contributed by atoms with Crippen molar-refractivity contribution >= 4 is 35.9 Å². The van der Waals surface area contributed by atoms with Crippen LogP contribution < -0.4 is 0 Å². The van der Waals surface area contributed by atoms with Crippen LogP contribution in [0.1, 0.15) is 20.8 Å². The van der Waals surface area contributed by atoms with Crippen LogP contribution >= 0.6 is 31.5 Å². The van der Waals surface area contributed by atoms with E-state index in [0.717, 1.165) is 0 Å². The lowest BCUT2D eigenvalue weighted by Gasteiger charge is -2.00. The third kappa shape index (κ3) is 5.22. The molecule has 0 heterocycles. The molecule has 0 aliphatic carbocycles. The monoisotopic (exact) mass is 252 g/mol. The van der Waals surface area contributed by atoms with Gasteiger partial charge in [-0.3, -0.25) is 0 Å². The third-order valence-corrected chi connectivity index (χ3v) is 2.38. The van der Waals surface area contributed by atoms with Crippen LogP contribution in [-0.4, -0.2) is 4.36 Å². The van der Waals surface area contributed by atoms with Crippen molar-refractivity contribution in [1.29, 1.82) is 0 Å². The first-order valence-corrected chi connectivity index (χ1v) is 4.83. The number of hydrogen-bond donors (Lipinski definition) is 0. The fourth-order valence-corrected chi connectivity index (χ4v) is 0.904. The van der Waals surface area contributed by atoms with E-state index >= 15 is 0 Å². The van der Waals surface area contributed by atoms with Crippen molar-refractivity contribution in [2.45, 2.75) is 20.8 Å². The van der Waals surface area contributed by atoms with Gasteiger partial charge in [-0.1, -0.05) is 32.3 Å². The quantitative estimate of drug-likeness (QED) is 0.662. The van der Waals surface area contributed by atoms with Gasteiger partial charge in [-0.2, -0.15) is 0 Å². The smallest absolute Gasteiger partial charge is 0.133 e. The predicted molar refractivity (Wildman–Crippen MR) is 52.2 cm³/mol. The van der Waals surface area contributed by atoms with E-state index in [1.54, 1.807) is 0 Å². The number of rotatable bonds is 2. The second-order valence-electron chi connectivity index (χ2n) is 2.46. The average Bonchev–Trinajstić information content (AvgIpc) is 1.63. The zero-order valence-corrected chi connectivity index (χ0v) is 9.16. The normalized spacial score (nSPS) is 12.4. The Hall–Kier alpha value is 0.765. The minimum atomic E-state index is 0.340. The molecular formula is C6H11BBr2. The first kappa shape index (κ1) is 9.76. The molecule has 0 aromatic carbocycles. The van der Waals surface area contributed by atoms with E-state index in [1.807, 2.05) is 0 Å². The van der Waals surface area contributed by atoms with Crippen molar-refractivity contribution < 1.29 is 0 Å². The van der Waals surface area contributed by atoms with Crippen LogP contribution in [0.5, 0.6) is 0 Å². The summed E-state index contributed by atoms with van der Waals surface area (Å²) >= 11 is 6.83. The number of halogens is 2. The van der Waals surface area contributed by atoms with Crippen LogP contribution in [0, 0.1) is 5.92 Å². The zero-order chi connectivity index (χ0) is 7.44. The van der Waals surface area contributed by atoms with Crippen LogP contribution in [-0.2, 0) is 0 Å². The highest BCUT2D eigenvalue weighted by Gasteiger charge is 2.05. The van der Waals surface area contributed by atoms with Gasteiger partial charge in [0, 0.05) is 0 Å². The van der Waals surface area contributed by atoms with Crippen molar-refractivity contribution in [2.24, 2.45) is 5.92 Å². The molecule has 0 aromatic heterocycles. The zero-order valence-electron chi connectivity index (χ0n) is 5.99. The molecule has 0 aliphatic rings. The minimum Gasteiger partial charge on any atom is -0.133 e. The maximum atomic E-state index is 3.42. The molecule has 0 unspecified atom stereocenters. The summed E-state index contributed by atoms with van der Waals surface area (Å²) in [5.41, 5.74) is 1.34. The molecule has 0 saturated heterocycles. The Kier molecular flexibility index (Phi) is 4.95. The highest BCUT2D eigenvalue weighted by molar-refractivity contribution is 9.49. The summed E-state index contributed by atoms with van der Waals surface area (Å²) in [6.07, 6.45) is 2.23. The molecule has 0 bridgehead atoms. The highest BCUT2D eigenvalue weighted by atomic mass is 79.9. The van der Waals surface area contributed by atoms with Crippen molar-refractivity contribution in [2.75, 3.05) is 0 Å². The fraction of sp³-hybridized carbons (Fsp3) is 0.667. The van der Waals surface area contributed by atoms with Gasteiger partial charge in [0.1, 0.15) is 0 Å². The summed E-state index contributed by atoms with van der Waals surface area (Å²) in [6, 6.07) is 0. The summed E-state index contributed by atoms with van der Waals surface area (Å²) in [6.45, 7) is 6.45. The van der Waals surface area contributed by atoms with Crippen molar-refractivity contribution in [3.05, 3.63) is 11.5 Å². The van der Waals surface area contributed by atoms with Gasteiger partial charge < -0.3 is 0 Å². The molecule has 0 rings (SSSR count). The van der Waals surface area contributed by atoms with Crippen LogP contribution in [0.3, 0.4) is 0 Å². The Labute approximate surface area is 74.1 Å². The Morgan fingerprint density at radius 3 is 2.00 bits per heavy atom. The number of hydrogen-bond acceptors (Lipinski definition) is 0. The topological polar surface area (TPSA) is 0 Å². The minimum absolute atomic E-state index is 0.340. The average molecular weight is 254 g/mol. The largest absolute Gasteiger partial charge is 0.325 e. The van der Waals surface area contributed by atoms with E-state index in [-0.39, 0.29) is 0 Å². The van der Waals surface area contributed by atoms with Gasteiger partial charge in [0.15, 0.2) is 0 Å². The van der Waals surface area contributed by atoms with Crippen LogP contribution in [0.4, 0.5) is 0 Å². The van der Waals surface area contributed by atoms with Crippen molar-refractivity contribution in [3.63, 3.8) is 0 Å². The second kappa shape index (κ2) is 4.56. The predicted octanol–water partition coefficient (Wildman–Crippen LogP) is 3.41. The van der Waals surface area contributed by atoms with Gasteiger partial charge >= 0.3 is 4.36 Å². The molecule has 0 N–H and O–H groups in total. The Morgan fingerprint density at radius 2 is 1.89 bits per heavy atom. The lowest BCUT2D eigenvalue weighted by atomic mass is 9.93. The second-order valence-corrected chi connectivity index (χ2v) is 5.52. The van der Waals surface area contributed by atoms with Crippen LogP contribution in [0.2, 0.25) is 0 Å². The summed E-state index contributed by atoms with van der Waals surface area (Å²) in [7, 11) is 0. The molecule has 0 atom stereocenters. The van der Waals surface area contributed by atoms with Crippen LogP contribution in [0.25, 0.3) is 0 Å². The van der Waals surface area contributed by atoms with Gasteiger partial charge in [0.05, 0.1) is 0 Å². The molecule has 52 valence electrons. The first-order chi connectivity index (χ1) is 4.04. The third-order valence-electron chi connectivity index (χ3n) is 0.940. The maximum absolute atomic E-state index is 3.42. The molecule has 0 spiro atoms. The first-order valence-electron chi connectivity index (χ1n) is 3.00. The summed E-state index contributed by atoms with van der Waals surface area (Å²) in [5.74, 6) is 0.641. The van der Waals surface area contributed by atoms with Gasteiger partial charge in [-0.15, -0.1) is 31.5 Å². The van der Waals surface area contributed by atoms with Crippen LogP contribution in [0.15, 0.2) is 11.5 Å². The summed E-state index contributed by atoms with van der Waals surface area (Å²) in [4.78, 5) is 0. The van der Waals surface area contributed by atoms with E-state index in [1.165, 1.54) is 5.47 Å². The standard InChI is InChI=1S/C6H11BBr2/c1-5(2)4-6(3)7(8)9/h4-5H,1-3H3/b6-4+. The summed E-state index contributed by atoms with van der Waals surface area (Å²) < 4.78 is 0.340. The molecule has 0 aromatic rings. The Morgan fingerprint density at radius 1 is 1.44 bits per heavy atom. The lowest BCUT2D eigenvalue weighted by molar-refractivity contribution is 0.828. The molecule has 0 radical (unpaired) electrons. The van der Waals surface area contributed by atoms with Crippen molar-refractivity contribution in [1.82, 2.24) is 0 Å². The van der Waals surface area contributed by atoms with E-state index in [0.29, 0.717) is 10.3 Å². The molecule has 0 aliphatic heterocycles. The van der Waals surface area contributed by atoms with E-state index in [4.69, 9.17) is 0 Å². The molecule has 0 saturated carbocycles. The van der Waals surface area contributed by atoms with Crippen molar-refractivity contribution in [3.8, 4) is 0 Å². The molecule has 0 amide bonds. The van der Waals surface area contributed by atoms with E-state index in [2.05, 4.69) is 58.4 Å². The van der Waals surface area contributed by atoms with Gasteiger partial charge in [0.25, 0.3) is 0 Å². The maximum Gasteiger partial charge on any atom is 0.325 e. The highest BCUT2D eigenvalue weighted by Crippen LogP contribution is 2.14. The van der Waals surface area contributed by atoms with Gasteiger partial charge in [-0.05, 0) is 5.92 Å². The molecule has 0 fully saturated rings. The summed E-state index contributed by atoms with van der Waals surface area (Å²) in [5, 5.41) is 0. The van der Waals surface area contributed by atoms with E-state index in [9.17, 15) is 0 Å². The fourth-order valence-electron chi connectivity index (χ4n) is 0.599. The van der Waals surface area contributed by atoms with E-state index < -0.39 is 0 Å². The van der Waals surface area contributed by atoms with Gasteiger partial charge in [0.2, 0.25) is 0 Å².